The molecule has 1 fully saturated rings. The van der Waals surface area contributed by atoms with Crippen molar-refractivity contribution in [2.24, 2.45) is 0 Å². The third-order valence-electron chi connectivity index (χ3n) is 4.83. The van der Waals surface area contributed by atoms with Crippen LogP contribution in [0.25, 0.3) is 11.4 Å². The molecule has 2 aromatic heterocycles. The van der Waals surface area contributed by atoms with Crippen molar-refractivity contribution >= 4 is 16.0 Å². The molecular formula is C17H22N6O2S. The predicted octanol–water partition coefficient (Wildman–Crippen LogP) is 0.930. The van der Waals surface area contributed by atoms with Crippen molar-refractivity contribution in [2.45, 2.75) is 25.3 Å². The van der Waals surface area contributed by atoms with E-state index in [1.807, 2.05) is 12.1 Å². The third kappa shape index (κ3) is 3.06. The van der Waals surface area contributed by atoms with Gasteiger partial charge in [-0.25, -0.2) is 9.97 Å². The molecule has 0 radical (unpaired) electrons. The highest BCUT2D eigenvalue weighted by Crippen LogP contribution is 2.30. The van der Waals surface area contributed by atoms with Gasteiger partial charge >= 0.3 is 0 Å². The minimum atomic E-state index is -3.34. The van der Waals surface area contributed by atoms with Crippen LogP contribution in [0.5, 0.6) is 0 Å². The fourth-order valence-corrected chi connectivity index (χ4v) is 4.52. The zero-order valence-electron chi connectivity index (χ0n) is 14.9. The van der Waals surface area contributed by atoms with E-state index in [2.05, 4.69) is 10.3 Å². The molecule has 8 nitrogen and oxygen atoms in total. The molecule has 4 rings (SSSR count). The standard InChI is InChI=1S/C17H22N6O2S/c1-22(2)26(24,25)23-10-13(11-23)19-17-14-6-3-7-15(14)20-16(21-17)12-5-4-8-18-9-12/h4-5,8-9,13H,3,6-7,10-11H2,1-2H3,(H,19,20,21). The third-order valence-corrected chi connectivity index (χ3v) is 6.70. The average Bonchev–Trinajstić information content (AvgIpc) is 3.06. The van der Waals surface area contributed by atoms with E-state index in [-0.39, 0.29) is 6.04 Å². The maximum absolute atomic E-state index is 12.1. The van der Waals surface area contributed by atoms with Gasteiger partial charge in [0.15, 0.2) is 5.82 Å². The van der Waals surface area contributed by atoms with Crippen molar-refractivity contribution < 1.29 is 8.42 Å². The summed E-state index contributed by atoms with van der Waals surface area (Å²) in [5, 5.41) is 3.43. The van der Waals surface area contributed by atoms with Crippen LogP contribution in [0.15, 0.2) is 24.5 Å². The van der Waals surface area contributed by atoms with Crippen LogP contribution >= 0.6 is 0 Å². The maximum Gasteiger partial charge on any atom is 0.281 e. The van der Waals surface area contributed by atoms with Crippen LogP contribution in [0.1, 0.15) is 17.7 Å². The number of hydrogen-bond acceptors (Lipinski definition) is 6. The predicted molar refractivity (Wildman–Crippen MR) is 98.9 cm³/mol. The zero-order chi connectivity index (χ0) is 18.3. The van der Waals surface area contributed by atoms with Gasteiger partial charge in [-0.15, -0.1) is 0 Å². The fourth-order valence-electron chi connectivity index (χ4n) is 3.32. The molecule has 2 aromatic rings. The van der Waals surface area contributed by atoms with Crippen molar-refractivity contribution in [1.29, 1.82) is 0 Å². The van der Waals surface area contributed by atoms with E-state index in [1.165, 1.54) is 8.61 Å². The first kappa shape index (κ1) is 17.3. The highest BCUT2D eigenvalue weighted by atomic mass is 32.2. The Kier molecular flexibility index (Phi) is 4.37. The van der Waals surface area contributed by atoms with Gasteiger partial charge in [0, 0.05) is 56.4 Å². The van der Waals surface area contributed by atoms with Crippen LogP contribution in [-0.2, 0) is 23.1 Å². The molecule has 0 aromatic carbocycles. The number of aryl methyl sites for hydroxylation is 1. The van der Waals surface area contributed by atoms with Crippen molar-refractivity contribution in [3.8, 4) is 11.4 Å². The Labute approximate surface area is 153 Å². The summed E-state index contributed by atoms with van der Waals surface area (Å²) >= 11 is 0. The second-order valence-electron chi connectivity index (χ2n) is 6.86. The highest BCUT2D eigenvalue weighted by Gasteiger charge is 2.37. The molecule has 0 bridgehead atoms. The van der Waals surface area contributed by atoms with Gasteiger partial charge in [-0.05, 0) is 31.4 Å². The maximum atomic E-state index is 12.1. The van der Waals surface area contributed by atoms with E-state index in [0.717, 1.165) is 41.9 Å². The first-order chi connectivity index (χ1) is 12.4. The van der Waals surface area contributed by atoms with Crippen LogP contribution in [0.4, 0.5) is 5.82 Å². The van der Waals surface area contributed by atoms with Gasteiger partial charge in [0.1, 0.15) is 5.82 Å². The summed E-state index contributed by atoms with van der Waals surface area (Å²) in [6.45, 7) is 0.892. The van der Waals surface area contributed by atoms with E-state index in [4.69, 9.17) is 9.97 Å². The van der Waals surface area contributed by atoms with Gasteiger partial charge < -0.3 is 5.32 Å². The largest absolute Gasteiger partial charge is 0.364 e. The topological polar surface area (TPSA) is 91.3 Å². The first-order valence-corrected chi connectivity index (χ1v) is 10.1. The van der Waals surface area contributed by atoms with E-state index in [1.54, 1.807) is 26.5 Å². The van der Waals surface area contributed by atoms with Gasteiger partial charge in [-0.3, -0.25) is 4.98 Å². The minimum absolute atomic E-state index is 0.0612. The molecule has 1 aliphatic heterocycles. The lowest BCUT2D eigenvalue weighted by molar-refractivity contribution is 0.264. The summed E-state index contributed by atoms with van der Waals surface area (Å²) in [6.07, 6.45) is 6.46. The normalized spacial score (nSPS) is 18.0. The summed E-state index contributed by atoms with van der Waals surface area (Å²) in [4.78, 5) is 13.6. The average molecular weight is 374 g/mol. The van der Waals surface area contributed by atoms with Gasteiger partial charge in [0.2, 0.25) is 0 Å². The summed E-state index contributed by atoms with van der Waals surface area (Å²) in [6, 6.07) is 3.88. The smallest absolute Gasteiger partial charge is 0.281 e. The second-order valence-corrected chi connectivity index (χ2v) is 9.01. The molecule has 0 unspecified atom stereocenters. The Morgan fingerprint density at radius 2 is 2.04 bits per heavy atom. The number of fused-ring (bicyclic) bond motifs is 1. The lowest BCUT2D eigenvalue weighted by atomic mass is 10.1. The van der Waals surface area contributed by atoms with Gasteiger partial charge in [0.05, 0.1) is 6.04 Å². The first-order valence-electron chi connectivity index (χ1n) is 8.69. The van der Waals surface area contributed by atoms with Crippen LogP contribution < -0.4 is 5.32 Å². The fraction of sp³-hybridized carbons (Fsp3) is 0.471. The molecule has 1 N–H and O–H groups in total. The summed E-state index contributed by atoms with van der Waals surface area (Å²) < 4.78 is 27.0. The molecule has 0 amide bonds. The molecular weight excluding hydrogens is 352 g/mol. The number of nitrogens with zero attached hydrogens (tertiary/aromatic N) is 5. The van der Waals surface area contributed by atoms with Gasteiger partial charge in [-0.1, -0.05) is 0 Å². The van der Waals surface area contributed by atoms with E-state index in [9.17, 15) is 8.42 Å². The molecule has 3 heterocycles. The quantitative estimate of drug-likeness (QED) is 0.837. The van der Waals surface area contributed by atoms with Crippen LogP contribution in [0, 0.1) is 0 Å². The number of anilines is 1. The molecule has 138 valence electrons. The summed E-state index contributed by atoms with van der Waals surface area (Å²) in [7, 11) is -0.244. The SMILES string of the molecule is CN(C)S(=O)(=O)N1CC(Nc2nc(-c3cccnc3)nc3c2CCC3)C1. The monoisotopic (exact) mass is 374 g/mol. The second kappa shape index (κ2) is 6.57. The number of hydrogen-bond donors (Lipinski definition) is 1. The van der Waals surface area contributed by atoms with Crippen molar-refractivity contribution in [2.75, 3.05) is 32.5 Å². The molecule has 2 aliphatic rings. The Hall–Kier alpha value is -2.10. The van der Waals surface area contributed by atoms with E-state index < -0.39 is 10.2 Å². The molecule has 26 heavy (non-hydrogen) atoms. The van der Waals surface area contributed by atoms with Crippen LogP contribution in [0.2, 0.25) is 0 Å². The Balaban J connectivity index is 1.55. The minimum Gasteiger partial charge on any atom is -0.364 e. The summed E-state index contributed by atoms with van der Waals surface area (Å²) in [5.74, 6) is 1.50. The van der Waals surface area contributed by atoms with Crippen LogP contribution in [0.3, 0.4) is 0 Å². The van der Waals surface area contributed by atoms with Crippen LogP contribution in [-0.4, -0.2) is 65.2 Å². The number of aromatic nitrogens is 3. The zero-order valence-corrected chi connectivity index (χ0v) is 15.7. The van der Waals surface area contributed by atoms with Crippen molar-refractivity contribution in [3.05, 3.63) is 35.8 Å². The molecule has 0 atom stereocenters. The van der Waals surface area contributed by atoms with E-state index >= 15 is 0 Å². The van der Waals surface area contributed by atoms with Crippen molar-refractivity contribution in [1.82, 2.24) is 23.6 Å². The highest BCUT2D eigenvalue weighted by molar-refractivity contribution is 7.86. The molecule has 9 heteroatoms. The molecule has 0 saturated carbocycles. The number of pyridine rings is 1. The number of rotatable bonds is 5. The molecule has 1 saturated heterocycles. The molecule has 1 aliphatic carbocycles. The lowest BCUT2D eigenvalue weighted by Gasteiger charge is -2.40. The Bertz CT molecular complexity index is 910. The van der Waals surface area contributed by atoms with Gasteiger partial charge in [0.25, 0.3) is 10.2 Å². The Morgan fingerprint density at radius 1 is 1.23 bits per heavy atom. The number of nitrogens with one attached hydrogen (secondary N) is 1. The lowest BCUT2D eigenvalue weighted by Crippen LogP contribution is -2.59. The van der Waals surface area contributed by atoms with Gasteiger partial charge in [-0.2, -0.15) is 17.0 Å². The molecule has 0 spiro atoms. The Morgan fingerprint density at radius 3 is 2.73 bits per heavy atom. The summed E-state index contributed by atoms with van der Waals surface area (Å²) in [5.41, 5.74) is 3.13. The van der Waals surface area contributed by atoms with Crippen molar-refractivity contribution in [3.63, 3.8) is 0 Å². The van der Waals surface area contributed by atoms with E-state index in [0.29, 0.717) is 18.9 Å².